The summed E-state index contributed by atoms with van der Waals surface area (Å²) in [5, 5.41) is 0.0420. The molecule has 0 saturated heterocycles. The molecule has 0 bridgehead atoms. The third-order valence-corrected chi connectivity index (χ3v) is 4.57. The molecule has 2 rings (SSSR count). The maximum absolute atomic E-state index is 13.9. The first-order chi connectivity index (χ1) is 9.85. The summed E-state index contributed by atoms with van der Waals surface area (Å²) in [6, 6.07) is 1.56. The predicted octanol–water partition coefficient (Wildman–Crippen LogP) is 2.21. The number of nitrogens with zero attached hydrogens (tertiary/aromatic N) is 1. The summed E-state index contributed by atoms with van der Waals surface area (Å²) >= 11 is 5.74. The van der Waals surface area contributed by atoms with E-state index in [1.807, 2.05) is 0 Å². The molecular weight excluding hydrogens is 319 g/mol. The molecule has 21 heavy (non-hydrogen) atoms. The van der Waals surface area contributed by atoms with Crippen LogP contribution in [0.2, 0.25) is 5.02 Å². The molecule has 1 aromatic heterocycles. The van der Waals surface area contributed by atoms with E-state index in [0.29, 0.717) is 12.2 Å². The second kappa shape index (κ2) is 6.00. The number of anilines is 1. The summed E-state index contributed by atoms with van der Waals surface area (Å²) in [5.74, 6) is -0.585. The minimum atomic E-state index is -4.12. The van der Waals surface area contributed by atoms with Crippen LogP contribution in [0.25, 0.3) is 0 Å². The van der Waals surface area contributed by atoms with Crippen molar-refractivity contribution in [1.82, 2.24) is 14.7 Å². The predicted molar refractivity (Wildman–Crippen MR) is 77.8 cm³/mol. The van der Waals surface area contributed by atoms with Gasteiger partial charge >= 0.3 is 0 Å². The fourth-order valence-corrected chi connectivity index (χ4v) is 3.54. The highest BCUT2D eigenvalue weighted by Crippen LogP contribution is 2.26. The monoisotopic (exact) mass is 332 g/mol. The lowest BCUT2D eigenvalue weighted by Gasteiger charge is -2.16. The maximum atomic E-state index is 13.9. The van der Waals surface area contributed by atoms with Crippen LogP contribution in [0.4, 0.5) is 10.1 Å². The van der Waals surface area contributed by atoms with Crippen LogP contribution in [0.5, 0.6) is 0 Å². The number of rotatable bonds is 5. The third kappa shape index (κ3) is 3.34. The maximum Gasteiger partial charge on any atom is 0.244 e. The van der Waals surface area contributed by atoms with Gasteiger partial charge in [0.2, 0.25) is 10.0 Å². The number of benzene rings is 1. The highest BCUT2D eigenvalue weighted by atomic mass is 35.5. The molecule has 0 aliphatic heterocycles. The molecule has 2 aromatic rings. The molecule has 6 nitrogen and oxygen atoms in total. The number of halogens is 2. The smallest absolute Gasteiger partial charge is 0.244 e. The van der Waals surface area contributed by atoms with Gasteiger partial charge in [-0.05, 0) is 18.6 Å². The molecule has 1 unspecified atom stereocenters. The number of nitrogens with two attached hydrogens (primary N) is 1. The fraction of sp³-hybridized carbons (Fsp3) is 0.250. The molecular formula is C12H14ClFN4O2S. The van der Waals surface area contributed by atoms with Gasteiger partial charge in [-0.3, -0.25) is 0 Å². The molecule has 1 atom stereocenters. The van der Waals surface area contributed by atoms with Crippen LogP contribution < -0.4 is 10.5 Å². The number of sulfonamides is 1. The van der Waals surface area contributed by atoms with Gasteiger partial charge in [0.1, 0.15) is 10.7 Å². The van der Waals surface area contributed by atoms with Crippen molar-refractivity contribution in [1.29, 1.82) is 0 Å². The first kappa shape index (κ1) is 15.7. The van der Waals surface area contributed by atoms with E-state index in [-0.39, 0.29) is 10.7 Å². The van der Waals surface area contributed by atoms with Crippen molar-refractivity contribution in [3.8, 4) is 0 Å². The number of aromatic amines is 1. The third-order valence-electron chi connectivity index (χ3n) is 2.88. The molecule has 0 saturated carbocycles. The molecule has 1 aromatic carbocycles. The van der Waals surface area contributed by atoms with E-state index in [4.69, 9.17) is 17.3 Å². The molecule has 0 amide bonds. The quantitative estimate of drug-likeness (QED) is 0.731. The Balaban J connectivity index is 2.39. The average molecular weight is 333 g/mol. The molecule has 0 aliphatic carbocycles. The van der Waals surface area contributed by atoms with Crippen LogP contribution in [0, 0.1) is 5.82 Å². The zero-order valence-corrected chi connectivity index (χ0v) is 12.7. The Kier molecular flexibility index (Phi) is 4.50. The van der Waals surface area contributed by atoms with Gasteiger partial charge < -0.3 is 10.7 Å². The Bertz CT molecular complexity index is 734. The number of imidazole rings is 1. The van der Waals surface area contributed by atoms with Gasteiger partial charge in [0.15, 0.2) is 5.82 Å². The van der Waals surface area contributed by atoms with Crippen LogP contribution in [0.15, 0.2) is 29.4 Å². The Hall–Kier alpha value is -1.64. The van der Waals surface area contributed by atoms with Gasteiger partial charge in [-0.1, -0.05) is 18.5 Å². The van der Waals surface area contributed by atoms with Crippen LogP contribution in [0.1, 0.15) is 25.2 Å². The minimum absolute atomic E-state index is 0.0420. The molecule has 0 aliphatic rings. The number of H-pyrrole nitrogens is 1. The van der Waals surface area contributed by atoms with Gasteiger partial charge in [0.25, 0.3) is 0 Å². The van der Waals surface area contributed by atoms with Gasteiger partial charge in [-0.25, -0.2) is 22.5 Å². The van der Waals surface area contributed by atoms with Crippen molar-refractivity contribution in [2.75, 3.05) is 5.73 Å². The molecule has 0 radical (unpaired) electrons. The van der Waals surface area contributed by atoms with E-state index in [0.717, 1.165) is 12.1 Å². The number of hydrogen-bond acceptors (Lipinski definition) is 4. The van der Waals surface area contributed by atoms with E-state index in [1.54, 1.807) is 13.1 Å². The zero-order valence-electron chi connectivity index (χ0n) is 11.1. The van der Waals surface area contributed by atoms with Crippen molar-refractivity contribution in [3.63, 3.8) is 0 Å². The summed E-state index contributed by atoms with van der Waals surface area (Å²) in [5.41, 5.74) is 5.08. The first-order valence-electron chi connectivity index (χ1n) is 6.11. The lowest BCUT2D eigenvalue weighted by molar-refractivity contribution is 0.528. The van der Waals surface area contributed by atoms with Crippen molar-refractivity contribution < 1.29 is 12.8 Å². The van der Waals surface area contributed by atoms with Crippen molar-refractivity contribution >= 4 is 27.3 Å². The highest BCUT2D eigenvalue weighted by molar-refractivity contribution is 7.89. The number of nitrogen functional groups attached to an aromatic ring is 1. The topological polar surface area (TPSA) is 101 Å². The molecule has 0 fully saturated rings. The Labute approximate surface area is 126 Å². The fourth-order valence-electron chi connectivity index (χ4n) is 1.83. The van der Waals surface area contributed by atoms with Crippen LogP contribution >= 0.6 is 11.6 Å². The molecule has 9 heteroatoms. The standard InChI is InChI=1S/C12H14ClFN4O2S/c1-2-9(12-16-3-4-17-12)18-21(19,20)10-6-7(13)5-8(15)11(10)14/h3-6,9,18H,2,15H2,1H3,(H,16,17). The molecule has 114 valence electrons. The van der Waals surface area contributed by atoms with Gasteiger partial charge in [0.05, 0.1) is 11.7 Å². The van der Waals surface area contributed by atoms with Crippen molar-refractivity contribution in [2.45, 2.75) is 24.3 Å². The van der Waals surface area contributed by atoms with E-state index in [9.17, 15) is 12.8 Å². The second-order valence-corrected chi connectivity index (χ2v) is 6.48. The van der Waals surface area contributed by atoms with E-state index in [1.165, 1.54) is 6.20 Å². The summed E-state index contributed by atoms with van der Waals surface area (Å²) in [6.07, 6.45) is 3.51. The minimum Gasteiger partial charge on any atom is -0.396 e. The number of hydrogen-bond donors (Lipinski definition) is 3. The summed E-state index contributed by atoms with van der Waals surface area (Å²) in [6.45, 7) is 1.78. The largest absolute Gasteiger partial charge is 0.396 e. The van der Waals surface area contributed by atoms with Crippen LogP contribution in [0.3, 0.4) is 0 Å². The molecule has 1 heterocycles. The average Bonchev–Trinajstić information content (AvgIpc) is 2.94. The Morgan fingerprint density at radius 2 is 2.24 bits per heavy atom. The van der Waals surface area contributed by atoms with Gasteiger partial charge in [-0.15, -0.1) is 0 Å². The summed E-state index contributed by atoms with van der Waals surface area (Å²) in [4.78, 5) is 6.23. The lowest BCUT2D eigenvalue weighted by atomic mass is 10.2. The van der Waals surface area contributed by atoms with E-state index < -0.39 is 26.8 Å². The van der Waals surface area contributed by atoms with E-state index >= 15 is 0 Å². The zero-order chi connectivity index (χ0) is 15.6. The summed E-state index contributed by atoms with van der Waals surface area (Å²) in [7, 11) is -4.12. The van der Waals surface area contributed by atoms with Crippen molar-refractivity contribution in [3.05, 3.63) is 41.2 Å². The normalized spacial score (nSPS) is 13.3. The van der Waals surface area contributed by atoms with Gasteiger partial charge in [0, 0.05) is 17.4 Å². The Morgan fingerprint density at radius 3 is 2.81 bits per heavy atom. The van der Waals surface area contributed by atoms with Crippen LogP contribution in [-0.4, -0.2) is 18.4 Å². The van der Waals surface area contributed by atoms with Gasteiger partial charge in [-0.2, -0.15) is 0 Å². The molecule has 4 N–H and O–H groups in total. The molecule has 0 spiro atoms. The number of nitrogens with one attached hydrogen (secondary N) is 2. The SMILES string of the molecule is CCC(NS(=O)(=O)c1cc(Cl)cc(N)c1F)c1ncc[nH]1. The highest BCUT2D eigenvalue weighted by Gasteiger charge is 2.26. The van der Waals surface area contributed by atoms with E-state index in [2.05, 4.69) is 14.7 Å². The lowest BCUT2D eigenvalue weighted by Crippen LogP contribution is -2.30. The Morgan fingerprint density at radius 1 is 1.52 bits per heavy atom. The summed E-state index contributed by atoms with van der Waals surface area (Å²) < 4.78 is 41.0. The number of aromatic nitrogens is 2. The second-order valence-electron chi connectivity index (χ2n) is 4.36. The van der Waals surface area contributed by atoms with Crippen molar-refractivity contribution in [2.24, 2.45) is 0 Å². The van der Waals surface area contributed by atoms with Crippen LogP contribution in [-0.2, 0) is 10.0 Å². The first-order valence-corrected chi connectivity index (χ1v) is 7.97.